The number of nitrogens with one attached hydrogen (secondary N) is 1. The van der Waals surface area contributed by atoms with E-state index in [1.807, 2.05) is 0 Å². The van der Waals surface area contributed by atoms with Crippen molar-refractivity contribution in [2.24, 2.45) is 0 Å². The van der Waals surface area contributed by atoms with Crippen molar-refractivity contribution in [2.75, 3.05) is 7.11 Å². The maximum atomic E-state index is 13.8. The minimum absolute atomic E-state index is 0.149. The van der Waals surface area contributed by atoms with Gasteiger partial charge in [-0.2, -0.15) is 0 Å². The van der Waals surface area contributed by atoms with Gasteiger partial charge in [0.05, 0.1) is 23.7 Å². The van der Waals surface area contributed by atoms with E-state index in [1.54, 1.807) is 24.3 Å². The number of methoxy groups -OCH3 is 1. The number of H-pyrrole nitrogens is 1. The Morgan fingerprint density at radius 3 is 2.67 bits per heavy atom. The summed E-state index contributed by atoms with van der Waals surface area (Å²) in [6.45, 7) is 0. The van der Waals surface area contributed by atoms with Crippen LogP contribution >= 0.6 is 0 Å². The summed E-state index contributed by atoms with van der Waals surface area (Å²) in [6, 6.07) is 10.4. The number of rotatable bonds is 2. The van der Waals surface area contributed by atoms with E-state index in [0.717, 1.165) is 0 Å². The molecule has 21 heavy (non-hydrogen) atoms. The van der Waals surface area contributed by atoms with Crippen LogP contribution in [0.2, 0.25) is 0 Å². The van der Waals surface area contributed by atoms with Crippen LogP contribution < -0.4 is 10.2 Å². The number of pyridine rings is 1. The molecule has 0 aliphatic carbocycles. The standard InChI is InChI=1S/C16H12FNO3/c1-21-9-6-13-16(14(19)7-9)15(20)8-12(18-13)10-4-2-3-5-11(10)17/h2-8,19H,1H3,(H,18,20). The molecule has 0 radical (unpaired) electrons. The smallest absolute Gasteiger partial charge is 0.193 e. The van der Waals surface area contributed by atoms with Gasteiger partial charge in [0.1, 0.15) is 17.3 Å². The third kappa shape index (κ3) is 2.23. The Kier molecular flexibility index (Phi) is 3.10. The number of aromatic amines is 1. The van der Waals surface area contributed by atoms with E-state index in [9.17, 15) is 14.3 Å². The second kappa shape index (κ2) is 4.94. The van der Waals surface area contributed by atoms with Gasteiger partial charge < -0.3 is 14.8 Å². The maximum Gasteiger partial charge on any atom is 0.193 e. The number of phenols is 1. The molecule has 5 heteroatoms. The lowest BCUT2D eigenvalue weighted by molar-refractivity contribution is 0.409. The monoisotopic (exact) mass is 285 g/mol. The highest BCUT2D eigenvalue weighted by Crippen LogP contribution is 2.29. The Hall–Kier alpha value is -2.82. The van der Waals surface area contributed by atoms with E-state index in [4.69, 9.17) is 4.74 Å². The zero-order chi connectivity index (χ0) is 15.0. The van der Waals surface area contributed by atoms with Gasteiger partial charge in [-0.05, 0) is 12.1 Å². The number of fused-ring (bicyclic) bond motifs is 1. The van der Waals surface area contributed by atoms with Gasteiger partial charge in [0, 0.05) is 23.8 Å². The average molecular weight is 285 g/mol. The second-order valence-corrected chi connectivity index (χ2v) is 4.60. The summed E-state index contributed by atoms with van der Waals surface area (Å²) in [6.07, 6.45) is 0. The van der Waals surface area contributed by atoms with E-state index in [0.29, 0.717) is 22.5 Å². The molecule has 0 unspecified atom stereocenters. The Labute approximate surface area is 119 Å². The molecule has 0 aliphatic rings. The molecular formula is C16H12FNO3. The Balaban J connectivity index is 2.33. The van der Waals surface area contributed by atoms with E-state index in [1.165, 1.54) is 25.3 Å². The van der Waals surface area contributed by atoms with E-state index in [2.05, 4.69) is 4.98 Å². The van der Waals surface area contributed by atoms with Crippen molar-refractivity contribution in [1.29, 1.82) is 0 Å². The van der Waals surface area contributed by atoms with Crippen LogP contribution in [0.25, 0.3) is 22.2 Å². The number of phenolic OH excluding ortho intramolecular Hbond substituents is 1. The molecule has 0 saturated heterocycles. The predicted molar refractivity (Wildman–Crippen MR) is 78.2 cm³/mol. The number of halogens is 1. The van der Waals surface area contributed by atoms with Crippen LogP contribution in [0.4, 0.5) is 4.39 Å². The second-order valence-electron chi connectivity index (χ2n) is 4.60. The summed E-state index contributed by atoms with van der Waals surface area (Å²) in [7, 11) is 1.46. The van der Waals surface area contributed by atoms with Crippen LogP contribution in [0, 0.1) is 5.82 Å². The van der Waals surface area contributed by atoms with Crippen LogP contribution in [0.3, 0.4) is 0 Å². The molecule has 0 saturated carbocycles. The van der Waals surface area contributed by atoms with Crippen molar-refractivity contribution in [3.8, 4) is 22.8 Å². The van der Waals surface area contributed by atoms with Gasteiger partial charge in [0.15, 0.2) is 5.43 Å². The van der Waals surface area contributed by atoms with Crippen molar-refractivity contribution in [2.45, 2.75) is 0 Å². The molecule has 0 fully saturated rings. The normalized spacial score (nSPS) is 10.8. The van der Waals surface area contributed by atoms with Crippen LogP contribution in [0.15, 0.2) is 47.3 Å². The third-order valence-electron chi connectivity index (χ3n) is 3.28. The fraction of sp³-hybridized carbons (Fsp3) is 0.0625. The van der Waals surface area contributed by atoms with Crippen LogP contribution in [-0.4, -0.2) is 17.2 Å². The van der Waals surface area contributed by atoms with Gasteiger partial charge in [0.25, 0.3) is 0 Å². The molecule has 0 spiro atoms. The Bertz CT molecular complexity index is 886. The minimum Gasteiger partial charge on any atom is -0.507 e. The zero-order valence-electron chi connectivity index (χ0n) is 11.2. The zero-order valence-corrected chi connectivity index (χ0v) is 11.2. The van der Waals surface area contributed by atoms with E-state index in [-0.39, 0.29) is 16.6 Å². The molecule has 2 aromatic carbocycles. The van der Waals surface area contributed by atoms with Gasteiger partial charge in [-0.1, -0.05) is 12.1 Å². The molecule has 0 aliphatic heterocycles. The SMILES string of the molecule is COc1cc(O)c2c(=O)cc(-c3ccccc3F)[nH]c2c1. The summed E-state index contributed by atoms with van der Waals surface area (Å²) in [5.74, 6) is -0.202. The molecule has 3 aromatic rings. The van der Waals surface area contributed by atoms with Gasteiger partial charge >= 0.3 is 0 Å². The molecular weight excluding hydrogens is 273 g/mol. The summed E-state index contributed by atoms with van der Waals surface area (Å²) in [5, 5.41) is 10.1. The lowest BCUT2D eigenvalue weighted by atomic mass is 10.1. The Morgan fingerprint density at radius 1 is 1.19 bits per heavy atom. The summed E-state index contributed by atoms with van der Waals surface area (Å²) < 4.78 is 18.9. The van der Waals surface area contributed by atoms with Gasteiger partial charge in [-0.25, -0.2) is 4.39 Å². The summed E-state index contributed by atoms with van der Waals surface area (Å²) in [4.78, 5) is 15.1. The van der Waals surface area contributed by atoms with Crippen molar-refractivity contribution in [1.82, 2.24) is 4.98 Å². The number of hydrogen-bond acceptors (Lipinski definition) is 3. The van der Waals surface area contributed by atoms with Gasteiger partial charge in [-0.15, -0.1) is 0 Å². The van der Waals surface area contributed by atoms with E-state index < -0.39 is 5.82 Å². The number of hydrogen-bond donors (Lipinski definition) is 2. The highest BCUT2D eigenvalue weighted by atomic mass is 19.1. The molecule has 106 valence electrons. The first-order valence-electron chi connectivity index (χ1n) is 6.29. The first-order chi connectivity index (χ1) is 10.1. The predicted octanol–water partition coefficient (Wildman–Crippen LogP) is 3.05. The number of aromatic hydroxyl groups is 1. The largest absolute Gasteiger partial charge is 0.507 e. The molecule has 3 rings (SSSR count). The molecule has 1 heterocycles. The van der Waals surface area contributed by atoms with Crippen molar-refractivity contribution in [3.63, 3.8) is 0 Å². The van der Waals surface area contributed by atoms with Crippen LogP contribution in [0.5, 0.6) is 11.5 Å². The van der Waals surface area contributed by atoms with Crippen molar-refractivity contribution >= 4 is 10.9 Å². The number of benzene rings is 2. The molecule has 4 nitrogen and oxygen atoms in total. The summed E-state index contributed by atoms with van der Waals surface area (Å²) in [5.41, 5.74) is 0.636. The first kappa shape index (κ1) is 13.2. The van der Waals surface area contributed by atoms with Crippen molar-refractivity contribution in [3.05, 3.63) is 58.5 Å². The minimum atomic E-state index is -0.431. The highest BCUT2D eigenvalue weighted by molar-refractivity contribution is 5.88. The van der Waals surface area contributed by atoms with Gasteiger partial charge in [0.2, 0.25) is 0 Å². The van der Waals surface area contributed by atoms with E-state index >= 15 is 0 Å². The molecule has 2 N–H and O–H groups in total. The Morgan fingerprint density at radius 2 is 1.95 bits per heavy atom. The van der Waals surface area contributed by atoms with Crippen LogP contribution in [0.1, 0.15) is 0 Å². The average Bonchev–Trinajstić information content (AvgIpc) is 2.46. The maximum absolute atomic E-state index is 13.8. The van der Waals surface area contributed by atoms with Crippen LogP contribution in [-0.2, 0) is 0 Å². The quantitative estimate of drug-likeness (QED) is 0.760. The van der Waals surface area contributed by atoms with Crippen molar-refractivity contribution < 1.29 is 14.2 Å². The van der Waals surface area contributed by atoms with Gasteiger partial charge in [-0.3, -0.25) is 4.79 Å². The lowest BCUT2D eigenvalue weighted by Gasteiger charge is -2.08. The molecule has 1 aromatic heterocycles. The number of ether oxygens (including phenoxy) is 1. The summed E-state index contributed by atoms with van der Waals surface area (Å²) >= 11 is 0. The fourth-order valence-electron chi connectivity index (χ4n) is 2.29. The highest BCUT2D eigenvalue weighted by Gasteiger charge is 2.12. The third-order valence-corrected chi connectivity index (χ3v) is 3.28. The molecule has 0 amide bonds. The topological polar surface area (TPSA) is 62.3 Å². The molecule has 0 bridgehead atoms. The lowest BCUT2D eigenvalue weighted by Crippen LogP contribution is -2.04. The first-order valence-corrected chi connectivity index (χ1v) is 6.29. The molecule has 0 atom stereocenters. The number of aromatic nitrogens is 1. The fourth-order valence-corrected chi connectivity index (χ4v) is 2.29.